The highest BCUT2D eigenvalue weighted by Gasteiger charge is 2.49. The largest absolute Gasteiger partial charge is 0.480 e. The van der Waals surface area contributed by atoms with Crippen molar-refractivity contribution in [1.29, 1.82) is 0 Å². The smallest absolute Gasteiger partial charge is 0.326 e. The van der Waals surface area contributed by atoms with E-state index in [0.717, 1.165) is 37.1 Å². The second-order valence-corrected chi connectivity index (χ2v) is 7.79. The van der Waals surface area contributed by atoms with Gasteiger partial charge in [-0.1, -0.05) is 6.42 Å². The number of nitro benzene ring substituents is 1. The molecular weight excluding hydrogens is 374 g/mol. The van der Waals surface area contributed by atoms with Gasteiger partial charge in [-0.3, -0.25) is 19.7 Å². The number of primary amides is 1. The van der Waals surface area contributed by atoms with E-state index in [9.17, 15) is 29.6 Å². The molecule has 2 fully saturated rings. The Morgan fingerprint density at radius 1 is 1.33 bits per heavy atom. The van der Waals surface area contributed by atoms with E-state index in [1.54, 1.807) is 0 Å². The van der Waals surface area contributed by atoms with Crippen LogP contribution >= 0.6 is 11.8 Å². The Kier molecular flexibility index (Phi) is 5.36. The number of nitrogens with zero attached hydrogens (tertiary/aromatic N) is 2. The molecule has 3 unspecified atom stereocenters. The number of carboxylic acids is 1. The fourth-order valence-electron chi connectivity index (χ4n) is 4.04. The Morgan fingerprint density at radius 3 is 2.70 bits per heavy atom. The predicted octanol–water partition coefficient (Wildman–Crippen LogP) is 1.50. The summed E-state index contributed by atoms with van der Waals surface area (Å²) in [6.45, 7) is 0.420. The third-order valence-corrected chi connectivity index (χ3v) is 6.30. The number of likely N-dealkylation sites (tertiary alicyclic amines) is 1. The van der Waals surface area contributed by atoms with Crippen LogP contribution in [0.5, 0.6) is 0 Å². The predicted molar refractivity (Wildman–Crippen MR) is 96.3 cm³/mol. The van der Waals surface area contributed by atoms with Crippen LogP contribution in [-0.2, 0) is 9.59 Å². The van der Waals surface area contributed by atoms with Crippen molar-refractivity contribution in [3.05, 3.63) is 33.9 Å². The van der Waals surface area contributed by atoms with Gasteiger partial charge in [0.05, 0.1) is 15.6 Å². The molecule has 3 N–H and O–H groups in total. The highest BCUT2D eigenvalue weighted by atomic mass is 32.2. The molecule has 144 valence electrons. The Bertz CT molecular complexity index is 814. The van der Waals surface area contributed by atoms with Gasteiger partial charge in [0.2, 0.25) is 11.8 Å². The zero-order valence-corrected chi connectivity index (χ0v) is 15.2. The Balaban J connectivity index is 1.73. The first-order valence-electron chi connectivity index (χ1n) is 8.53. The highest BCUT2D eigenvalue weighted by molar-refractivity contribution is 8.00. The first-order chi connectivity index (χ1) is 12.8. The third kappa shape index (κ3) is 3.75. The number of nitro groups is 1. The standard InChI is InChI=1S/C17H19N3O6S/c18-16(22)9-4-5-13(12(6-9)20(25)26)27-8-14(21)19-7-10-2-1-3-11(10)15(19)17(23)24/h4-6,10-11,15H,1-3,7-8H2,(H2,18,22)(H,23,24). The number of amides is 2. The summed E-state index contributed by atoms with van der Waals surface area (Å²) >= 11 is 0.955. The number of carbonyl (C=O) groups is 3. The molecule has 3 rings (SSSR count). The maximum Gasteiger partial charge on any atom is 0.326 e. The normalized spacial score (nSPS) is 23.9. The van der Waals surface area contributed by atoms with Crippen molar-refractivity contribution < 1.29 is 24.4 Å². The topological polar surface area (TPSA) is 144 Å². The van der Waals surface area contributed by atoms with Gasteiger partial charge in [-0.25, -0.2) is 4.79 Å². The number of thioether (sulfide) groups is 1. The summed E-state index contributed by atoms with van der Waals surface area (Å²) in [6, 6.07) is 3.00. The summed E-state index contributed by atoms with van der Waals surface area (Å²) in [5, 5.41) is 20.8. The van der Waals surface area contributed by atoms with Crippen LogP contribution < -0.4 is 5.73 Å². The van der Waals surface area contributed by atoms with Crippen molar-refractivity contribution in [2.45, 2.75) is 30.2 Å². The van der Waals surface area contributed by atoms with Crippen molar-refractivity contribution in [2.75, 3.05) is 12.3 Å². The molecule has 1 aliphatic carbocycles. The van der Waals surface area contributed by atoms with Gasteiger partial charge in [-0.05, 0) is 36.8 Å². The molecule has 1 aromatic rings. The van der Waals surface area contributed by atoms with E-state index in [4.69, 9.17) is 5.73 Å². The van der Waals surface area contributed by atoms with Gasteiger partial charge < -0.3 is 15.7 Å². The lowest BCUT2D eigenvalue weighted by molar-refractivity contribution is -0.387. The van der Waals surface area contributed by atoms with E-state index >= 15 is 0 Å². The van der Waals surface area contributed by atoms with Crippen LogP contribution in [0.2, 0.25) is 0 Å². The number of carboxylic acid groups (broad SMARTS) is 1. The van der Waals surface area contributed by atoms with E-state index in [0.29, 0.717) is 6.54 Å². The van der Waals surface area contributed by atoms with Crippen LogP contribution in [0.1, 0.15) is 29.6 Å². The molecule has 0 spiro atoms. The monoisotopic (exact) mass is 393 g/mol. The quantitative estimate of drug-likeness (QED) is 0.423. The lowest BCUT2D eigenvalue weighted by Crippen LogP contribution is -2.44. The van der Waals surface area contributed by atoms with Crippen molar-refractivity contribution in [3.63, 3.8) is 0 Å². The van der Waals surface area contributed by atoms with Gasteiger partial charge in [0, 0.05) is 18.2 Å². The zero-order valence-electron chi connectivity index (χ0n) is 14.4. The maximum absolute atomic E-state index is 12.6. The Labute approximate surface area is 159 Å². The minimum Gasteiger partial charge on any atom is -0.480 e. The number of hydrogen-bond donors (Lipinski definition) is 2. The van der Waals surface area contributed by atoms with Crippen molar-refractivity contribution in [3.8, 4) is 0 Å². The van der Waals surface area contributed by atoms with E-state index < -0.39 is 22.8 Å². The molecule has 10 heteroatoms. The summed E-state index contributed by atoms with van der Waals surface area (Å²) < 4.78 is 0. The lowest BCUT2D eigenvalue weighted by atomic mass is 9.94. The number of carbonyl (C=O) groups excluding carboxylic acids is 2. The number of aliphatic carboxylic acids is 1. The fraction of sp³-hybridized carbons (Fsp3) is 0.471. The van der Waals surface area contributed by atoms with Gasteiger partial charge in [-0.2, -0.15) is 0 Å². The maximum atomic E-state index is 12.6. The third-order valence-electron chi connectivity index (χ3n) is 5.26. The summed E-state index contributed by atoms with van der Waals surface area (Å²) in [4.78, 5) is 47.7. The van der Waals surface area contributed by atoms with E-state index in [2.05, 4.69) is 0 Å². The minimum atomic E-state index is -1.00. The molecule has 1 aromatic carbocycles. The highest BCUT2D eigenvalue weighted by Crippen LogP contribution is 2.42. The van der Waals surface area contributed by atoms with Crippen LogP contribution in [0.25, 0.3) is 0 Å². The molecule has 2 aliphatic rings. The molecule has 0 radical (unpaired) electrons. The van der Waals surface area contributed by atoms with Gasteiger partial charge in [0.1, 0.15) is 6.04 Å². The molecule has 3 atom stereocenters. The number of rotatable bonds is 6. The Morgan fingerprint density at radius 2 is 2.07 bits per heavy atom. The SMILES string of the molecule is NC(=O)c1ccc(SCC(=O)N2CC3CCCC3C2C(=O)O)c([N+](=O)[O-])c1. The number of fused-ring (bicyclic) bond motifs is 1. The Hall–Kier alpha value is -2.62. The molecule has 1 heterocycles. The average Bonchev–Trinajstić information content (AvgIpc) is 3.19. The van der Waals surface area contributed by atoms with Crippen LogP contribution in [0.4, 0.5) is 5.69 Å². The van der Waals surface area contributed by atoms with Gasteiger partial charge in [0.25, 0.3) is 5.69 Å². The van der Waals surface area contributed by atoms with Gasteiger partial charge >= 0.3 is 5.97 Å². The van der Waals surface area contributed by atoms with Crippen LogP contribution in [0, 0.1) is 22.0 Å². The van der Waals surface area contributed by atoms with E-state index in [-0.39, 0.29) is 39.6 Å². The second kappa shape index (κ2) is 7.55. The van der Waals surface area contributed by atoms with Crippen molar-refractivity contribution >= 4 is 35.2 Å². The molecular formula is C17H19N3O6S. The first kappa shape index (κ1) is 19.2. The van der Waals surface area contributed by atoms with Crippen molar-refractivity contribution in [2.24, 2.45) is 17.6 Å². The summed E-state index contributed by atoms with van der Waals surface area (Å²) in [6.07, 6.45) is 2.71. The van der Waals surface area contributed by atoms with E-state index in [1.165, 1.54) is 17.0 Å². The molecule has 1 saturated heterocycles. The number of hydrogen-bond acceptors (Lipinski definition) is 6. The number of benzene rings is 1. The molecule has 1 aliphatic heterocycles. The fourth-order valence-corrected chi connectivity index (χ4v) is 4.93. The molecule has 0 bridgehead atoms. The van der Waals surface area contributed by atoms with Crippen LogP contribution in [0.3, 0.4) is 0 Å². The summed E-state index contributed by atoms with van der Waals surface area (Å²) in [5.74, 6) is -2.04. The first-order valence-corrected chi connectivity index (χ1v) is 9.51. The second-order valence-electron chi connectivity index (χ2n) is 6.78. The molecule has 0 aromatic heterocycles. The number of nitrogens with two attached hydrogens (primary N) is 1. The lowest BCUT2D eigenvalue weighted by Gasteiger charge is -2.24. The van der Waals surface area contributed by atoms with Gasteiger partial charge in [-0.15, -0.1) is 11.8 Å². The molecule has 27 heavy (non-hydrogen) atoms. The van der Waals surface area contributed by atoms with Crippen molar-refractivity contribution in [1.82, 2.24) is 4.90 Å². The molecule has 1 saturated carbocycles. The minimum absolute atomic E-state index is 0.00989. The average molecular weight is 393 g/mol. The molecule has 2 amide bonds. The van der Waals surface area contributed by atoms with Crippen LogP contribution in [-0.4, -0.2) is 51.1 Å². The van der Waals surface area contributed by atoms with Gasteiger partial charge in [0.15, 0.2) is 0 Å². The van der Waals surface area contributed by atoms with E-state index in [1.807, 2.05) is 0 Å². The van der Waals surface area contributed by atoms with Crippen LogP contribution in [0.15, 0.2) is 23.1 Å². The summed E-state index contributed by atoms with van der Waals surface area (Å²) in [5.41, 5.74) is 4.84. The summed E-state index contributed by atoms with van der Waals surface area (Å²) in [7, 11) is 0. The zero-order chi connectivity index (χ0) is 19.7. The molecule has 9 nitrogen and oxygen atoms in total.